The van der Waals surface area contributed by atoms with E-state index in [0.717, 1.165) is 6.07 Å². The highest BCUT2D eigenvalue weighted by molar-refractivity contribution is 6.07. The van der Waals surface area contributed by atoms with Gasteiger partial charge in [-0.25, -0.2) is 8.78 Å². The van der Waals surface area contributed by atoms with Crippen molar-refractivity contribution in [3.63, 3.8) is 0 Å². The molecule has 0 atom stereocenters. The topological polar surface area (TPSA) is 55.1 Å². The number of halogens is 2. The van der Waals surface area contributed by atoms with Crippen LogP contribution in [-0.4, -0.2) is 5.91 Å². The fraction of sp³-hybridized carbons (Fsp3) is 0. The van der Waals surface area contributed by atoms with Crippen molar-refractivity contribution in [1.29, 1.82) is 0 Å². The molecule has 0 aliphatic rings. The quantitative estimate of drug-likeness (QED) is 0.803. The number of nitrogen functional groups attached to an aromatic ring is 1. The first-order chi connectivity index (χ1) is 8.59. The molecule has 2 aromatic carbocycles. The zero-order valence-corrected chi connectivity index (χ0v) is 9.28. The molecule has 3 N–H and O–H groups in total. The number of para-hydroxylation sites is 1. The summed E-state index contributed by atoms with van der Waals surface area (Å²) in [7, 11) is 0. The molecular formula is C13H10F2N2O. The zero-order chi connectivity index (χ0) is 13.1. The smallest absolute Gasteiger partial charge is 0.257 e. The highest BCUT2D eigenvalue weighted by Crippen LogP contribution is 2.19. The summed E-state index contributed by atoms with van der Waals surface area (Å²) in [5.74, 6) is -2.70. The number of hydrogen-bond acceptors (Lipinski definition) is 2. The third-order valence-electron chi connectivity index (χ3n) is 2.41. The fourth-order valence-electron chi connectivity index (χ4n) is 1.49. The van der Waals surface area contributed by atoms with Crippen molar-refractivity contribution in [2.75, 3.05) is 11.1 Å². The van der Waals surface area contributed by atoms with Crippen LogP contribution in [0, 0.1) is 11.6 Å². The van der Waals surface area contributed by atoms with Crippen LogP contribution >= 0.6 is 0 Å². The first-order valence-electron chi connectivity index (χ1n) is 5.19. The van der Waals surface area contributed by atoms with Crippen molar-refractivity contribution in [1.82, 2.24) is 0 Å². The third-order valence-corrected chi connectivity index (χ3v) is 2.41. The lowest BCUT2D eigenvalue weighted by atomic mass is 10.1. The van der Waals surface area contributed by atoms with E-state index in [0.29, 0.717) is 0 Å². The maximum absolute atomic E-state index is 13.4. The first-order valence-corrected chi connectivity index (χ1v) is 5.19. The number of amides is 1. The highest BCUT2D eigenvalue weighted by Gasteiger charge is 2.13. The van der Waals surface area contributed by atoms with Gasteiger partial charge in [0.1, 0.15) is 0 Å². The summed E-state index contributed by atoms with van der Waals surface area (Å²) >= 11 is 0. The second-order valence-corrected chi connectivity index (χ2v) is 3.64. The van der Waals surface area contributed by atoms with Gasteiger partial charge in [0.2, 0.25) is 0 Å². The Bertz CT molecular complexity index is 599. The molecule has 2 aromatic rings. The largest absolute Gasteiger partial charge is 0.398 e. The normalized spacial score (nSPS) is 10.1. The molecule has 2 rings (SSSR count). The van der Waals surface area contributed by atoms with Crippen molar-refractivity contribution in [2.24, 2.45) is 0 Å². The van der Waals surface area contributed by atoms with Gasteiger partial charge in [0, 0.05) is 5.69 Å². The molecule has 5 heteroatoms. The number of carbonyl (C=O) groups excluding carboxylic acids is 1. The monoisotopic (exact) mass is 248 g/mol. The van der Waals surface area contributed by atoms with Crippen molar-refractivity contribution in [3.8, 4) is 0 Å². The van der Waals surface area contributed by atoms with Gasteiger partial charge >= 0.3 is 0 Å². The van der Waals surface area contributed by atoms with E-state index >= 15 is 0 Å². The molecule has 0 saturated heterocycles. The van der Waals surface area contributed by atoms with Crippen LogP contribution in [0.1, 0.15) is 10.4 Å². The lowest BCUT2D eigenvalue weighted by Gasteiger charge is -2.08. The average Bonchev–Trinajstić information content (AvgIpc) is 2.35. The second kappa shape index (κ2) is 4.83. The number of benzene rings is 2. The summed E-state index contributed by atoms with van der Waals surface area (Å²) in [5.41, 5.74) is 5.87. The highest BCUT2D eigenvalue weighted by atomic mass is 19.2. The van der Waals surface area contributed by atoms with Crippen LogP contribution < -0.4 is 11.1 Å². The molecule has 0 radical (unpaired) electrons. The molecular weight excluding hydrogens is 238 g/mol. The van der Waals surface area contributed by atoms with Crippen LogP contribution in [0.2, 0.25) is 0 Å². The van der Waals surface area contributed by atoms with E-state index in [2.05, 4.69) is 5.32 Å². The van der Waals surface area contributed by atoms with Crippen LogP contribution in [0.4, 0.5) is 20.2 Å². The number of rotatable bonds is 2. The van der Waals surface area contributed by atoms with Crippen molar-refractivity contribution < 1.29 is 13.6 Å². The maximum Gasteiger partial charge on any atom is 0.257 e. The number of anilines is 2. The minimum atomic E-state index is -1.10. The lowest BCUT2D eigenvalue weighted by Crippen LogP contribution is -2.15. The van der Waals surface area contributed by atoms with E-state index in [4.69, 9.17) is 5.73 Å². The molecule has 18 heavy (non-hydrogen) atoms. The molecule has 92 valence electrons. The Balaban J connectivity index is 2.27. The molecule has 0 fully saturated rings. The summed E-state index contributed by atoms with van der Waals surface area (Å²) in [6.45, 7) is 0. The number of nitrogens with one attached hydrogen (secondary N) is 1. The van der Waals surface area contributed by atoms with Crippen LogP contribution in [-0.2, 0) is 0 Å². The third kappa shape index (κ3) is 2.29. The SMILES string of the molecule is Nc1ccccc1C(=O)Nc1cccc(F)c1F. The predicted molar refractivity (Wildman–Crippen MR) is 65.2 cm³/mol. The van der Waals surface area contributed by atoms with E-state index in [1.807, 2.05) is 0 Å². The number of carbonyl (C=O) groups is 1. The predicted octanol–water partition coefficient (Wildman–Crippen LogP) is 2.80. The molecule has 0 aliphatic heterocycles. The Kier molecular flexibility index (Phi) is 3.23. The van der Waals surface area contributed by atoms with E-state index in [1.54, 1.807) is 18.2 Å². The van der Waals surface area contributed by atoms with Crippen LogP contribution in [0.15, 0.2) is 42.5 Å². The first kappa shape index (κ1) is 12.0. The van der Waals surface area contributed by atoms with Gasteiger partial charge in [0.25, 0.3) is 5.91 Å². The zero-order valence-electron chi connectivity index (χ0n) is 9.28. The summed E-state index contributed by atoms with van der Waals surface area (Å²) in [4.78, 5) is 11.8. The Hall–Kier alpha value is -2.43. The summed E-state index contributed by atoms with van der Waals surface area (Å²) in [6.07, 6.45) is 0. The van der Waals surface area contributed by atoms with Gasteiger partial charge in [0.05, 0.1) is 11.3 Å². The molecule has 0 aromatic heterocycles. The van der Waals surface area contributed by atoms with Gasteiger partial charge in [-0.15, -0.1) is 0 Å². The van der Waals surface area contributed by atoms with Gasteiger partial charge in [-0.05, 0) is 24.3 Å². The van der Waals surface area contributed by atoms with Gasteiger partial charge in [0.15, 0.2) is 11.6 Å². The lowest BCUT2D eigenvalue weighted by molar-refractivity contribution is 0.102. The van der Waals surface area contributed by atoms with E-state index < -0.39 is 17.5 Å². The molecule has 3 nitrogen and oxygen atoms in total. The summed E-state index contributed by atoms with van der Waals surface area (Å²) in [5, 5.41) is 2.27. The van der Waals surface area contributed by atoms with Gasteiger partial charge in [-0.1, -0.05) is 18.2 Å². The van der Waals surface area contributed by atoms with Crippen LogP contribution in [0.3, 0.4) is 0 Å². The van der Waals surface area contributed by atoms with E-state index in [9.17, 15) is 13.6 Å². The molecule has 0 unspecified atom stereocenters. The van der Waals surface area contributed by atoms with Gasteiger partial charge in [-0.2, -0.15) is 0 Å². The van der Waals surface area contributed by atoms with Crippen LogP contribution in [0.25, 0.3) is 0 Å². The fourth-order valence-corrected chi connectivity index (χ4v) is 1.49. The Morgan fingerprint density at radius 2 is 1.78 bits per heavy atom. The van der Waals surface area contributed by atoms with E-state index in [1.165, 1.54) is 18.2 Å². The number of hydrogen-bond donors (Lipinski definition) is 2. The molecule has 0 aliphatic carbocycles. The second-order valence-electron chi connectivity index (χ2n) is 3.64. The van der Waals surface area contributed by atoms with Crippen LogP contribution in [0.5, 0.6) is 0 Å². The Morgan fingerprint density at radius 1 is 1.06 bits per heavy atom. The minimum absolute atomic E-state index is 0.209. The van der Waals surface area contributed by atoms with Crippen molar-refractivity contribution in [3.05, 3.63) is 59.7 Å². The average molecular weight is 248 g/mol. The van der Waals surface area contributed by atoms with Crippen molar-refractivity contribution >= 4 is 17.3 Å². The van der Waals surface area contributed by atoms with Gasteiger partial charge in [-0.3, -0.25) is 4.79 Å². The maximum atomic E-state index is 13.4. The minimum Gasteiger partial charge on any atom is -0.398 e. The number of nitrogens with two attached hydrogens (primary N) is 1. The Labute approximate surface area is 102 Å². The summed E-state index contributed by atoms with van der Waals surface area (Å²) in [6, 6.07) is 9.92. The van der Waals surface area contributed by atoms with Crippen molar-refractivity contribution in [2.45, 2.75) is 0 Å². The Morgan fingerprint density at radius 3 is 2.50 bits per heavy atom. The summed E-state index contributed by atoms with van der Waals surface area (Å²) < 4.78 is 26.3. The molecule has 1 amide bonds. The standard InChI is InChI=1S/C13H10F2N2O/c14-9-5-3-7-11(12(9)15)17-13(18)8-4-1-2-6-10(8)16/h1-7H,16H2,(H,17,18). The molecule has 0 heterocycles. The van der Waals surface area contributed by atoms with Gasteiger partial charge < -0.3 is 11.1 Å². The van der Waals surface area contributed by atoms with E-state index in [-0.39, 0.29) is 16.9 Å². The molecule has 0 saturated carbocycles. The molecule has 0 spiro atoms. The molecule has 0 bridgehead atoms.